The third-order valence-electron chi connectivity index (χ3n) is 2.73. The van der Waals surface area contributed by atoms with Crippen LogP contribution in [0.5, 0.6) is 5.75 Å². The average Bonchev–Trinajstić information content (AvgIpc) is 3.07. The minimum atomic E-state index is 0.0673. The molecule has 10 nitrogen and oxygen atoms in total. The Bertz CT molecular complexity index is 747. The van der Waals surface area contributed by atoms with E-state index >= 15 is 0 Å². The number of aromatic nitrogens is 8. The first-order valence-electron chi connectivity index (χ1n) is 6.15. The lowest BCUT2D eigenvalue weighted by molar-refractivity contribution is 0.305. The Labute approximate surface area is 119 Å². The minimum Gasteiger partial charge on any atom is -0.506 e. The molecular weight excluding hydrogens is 274 g/mol. The zero-order valence-electron chi connectivity index (χ0n) is 11.5. The van der Waals surface area contributed by atoms with E-state index < -0.39 is 0 Å². The van der Waals surface area contributed by atoms with Gasteiger partial charge >= 0.3 is 0 Å². The fourth-order valence-electron chi connectivity index (χ4n) is 1.86. The van der Waals surface area contributed by atoms with Crippen molar-refractivity contribution in [2.45, 2.75) is 6.67 Å². The Kier molecular flexibility index (Phi) is 3.28. The van der Waals surface area contributed by atoms with Gasteiger partial charge in [0.1, 0.15) is 11.4 Å². The Morgan fingerprint density at radius 3 is 2.52 bits per heavy atom. The van der Waals surface area contributed by atoms with Crippen LogP contribution >= 0.6 is 0 Å². The van der Waals surface area contributed by atoms with Crippen LogP contribution in [0.1, 0.15) is 0 Å². The molecule has 21 heavy (non-hydrogen) atoms. The zero-order valence-corrected chi connectivity index (χ0v) is 11.5. The number of aromatic hydroxyl groups is 1. The molecule has 3 aromatic rings. The summed E-state index contributed by atoms with van der Waals surface area (Å²) in [5.41, 5.74) is 0.455. The number of benzene rings is 1. The fraction of sp³-hybridized carbons (Fsp3) is 0.273. The maximum Gasteiger partial charge on any atom is 0.226 e. The summed E-state index contributed by atoms with van der Waals surface area (Å²) in [5.74, 6) is 0.831. The number of phenols is 1. The monoisotopic (exact) mass is 287 g/mol. The highest BCUT2D eigenvalue weighted by atomic mass is 16.3. The second-order valence-electron chi connectivity index (χ2n) is 4.63. The molecule has 0 aliphatic heterocycles. The second-order valence-corrected chi connectivity index (χ2v) is 4.63. The lowest BCUT2D eigenvalue weighted by atomic mass is 10.3. The summed E-state index contributed by atoms with van der Waals surface area (Å²) in [6.07, 6.45) is 0. The van der Waals surface area contributed by atoms with Gasteiger partial charge in [-0.05, 0) is 47.1 Å². The molecule has 0 aliphatic carbocycles. The highest BCUT2D eigenvalue weighted by molar-refractivity contribution is 5.52. The van der Waals surface area contributed by atoms with Crippen molar-refractivity contribution < 1.29 is 5.11 Å². The molecule has 3 rings (SSSR count). The van der Waals surface area contributed by atoms with Crippen LogP contribution in [0, 0.1) is 0 Å². The first-order valence-corrected chi connectivity index (χ1v) is 6.15. The quantitative estimate of drug-likeness (QED) is 0.686. The van der Waals surface area contributed by atoms with E-state index in [1.54, 1.807) is 28.9 Å². The number of hydrogen-bond donors (Lipinski definition) is 1. The number of tetrazole rings is 2. The standard InChI is InChI=1S/C11H13N9O/c1-18(2)7-19-10(12-14-16-19)11-13-15-17-20(11)8-5-3-4-6-9(8)21/h3-6,21H,7H2,1-2H3. The Hall–Kier alpha value is -2.88. The van der Waals surface area contributed by atoms with Gasteiger partial charge in [0.05, 0.1) is 6.67 Å². The molecule has 0 spiro atoms. The predicted octanol–water partition coefficient (Wildman–Crippen LogP) is -0.459. The van der Waals surface area contributed by atoms with Gasteiger partial charge in [-0.1, -0.05) is 12.1 Å². The van der Waals surface area contributed by atoms with Crippen LogP contribution in [0.4, 0.5) is 0 Å². The fourth-order valence-corrected chi connectivity index (χ4v) is 1.86. The van der Waals surface area contributed by atoms with E-state index in [1.807, 2.05) is 19.0 Å². The van der Waals surface area contributed by atoms with Crippen molar-refractivity contribution in [3.05, 3.63) is 24.3 Å². The molecule has 0 bridgehead atoms. The molecule has 0 atom stereocenters. The van der Waals surface area contributed by atoms with Crippen molar-refractivity contribution in [1.29, 1.82) is 0 Å². The lowest BCUT2D eigenvalue weighted by Crippen LogP contribution is -2.19. The highest BCUT2D eigenvalue weighted by Gasteiger charge is 2.19. The van der Waals surface area contributed by atoms with E-state index in [1.165, 1.54) is 4.68 Å². The molecule has 0 amide bonds. The van der Waals surface area contributed by atoms with Crippen LogP contribution in [0.15, 0.2) is 24.3 Å². The van der Waals surface area contributed by atoms with Crippen LogP contribution in [0.25, 0.3) is 17.3 Å². The van der Waals surface area contributed by atoms with E-state index in [9.17, 15) is 5.11 Å². The van der Waals surface area contributed by atoms with Crippen LogP contribution < -0.4 is 0 Å². The van der Waals surface area contributed by atoms with Crippen molar-refractivity contribution in [3.63, 3.8) is 0 Å². The molecule has 108 valence electrons. The third kappa shape index (κ3) is 2.43. The number of phenolic OH excluding ortho intramolecular Hbond substituents is 1. The number of nitrogens with zero attached hydrogens (tertiary/aromatic N) is 9. The molecular formula is C11H13N9O. The maximum absolute atomic E-state index is 9.94. The molecule has 0 saturated carbocycles. The van der Waals surface area contributed by atoms with Crippen LogP contribution in [0.2, 0.25) is 0 Å². The van der Waals surface area contributed by atoms with Gasteiger partial charge < -0.3 is 5.11 Å². The van der Waals surface area contributed by atoms with Crippen molar-refractivity contribution in [3.8, 4) is 23.1 Å². The number of hydrogen-bond acceptors (Lipinski definition) is 8. The normalized spacial score (nSPS) is 11.2. The Morgan fingerprint density at radius 2 is 1.76 bits per heavy atom. The summed E-state index contributed by atoms with van der Waals surface area (Å²) >= 11 is 0. The first kappa shape index (κ1) is 13.1. The SMILES string of the molecule is CN(C)Cn1nnnc1-c1nnnn1-c1ccccc1O. The largest absolute Gasteiger partial charge is 0.506 e. The second kappa shape index (κ2) is 5.25. The zero-order chi connectivity index (χ0) is 14.8. The van der Waals surface area contributed by atoms with E-state index in [-0.39, 0.29) is 5.75 Å². The Morgan fingerprint density at radius 1 is 1.05 bits per heavy atom. The molecule has 10 heteroatoms. The molecule has 0 saturated heterocycles. The summed E-state index contributed by atoms with van der Waals surface area (Å²) in [7, 11) is 3.80. The summed E-state index contributed by atoms with van der Waals surface area (Å²) < 4.78 is 2.97. The van der Waals surface area contributed by atoms with Crippen LogP contribution in [0.3, 0.4) is 0 Å². The van der Waals surface area contributed by atoms with Gasteiger partial charge in [-0.25, -0.2) is 4.68 Å². The van der Waals surface area contributed by atoms with Crippen LogP contribution in [-0.2, 0) is 6.67 Å². The van der Waals surface area contributed by atoms with E-state index in [0.29, 0.717) is 24.0 Å². The van der Waals surface area contributed by atoms with Gasteiger partial charge in [0.25, 0.3) is 0 Å². The summed E-state index contributed by atoms with van der Waals surface area (Å²) in [6, 6.07) is 6.77. The summed E-state index contributed by atoms with van der Waals surface area (Å²) in [6.45, 7) is 0.482. The Balaban J connectivity index is 2.08. The average molecular weight is 287 g/mol. The van der Waals surface area contributed by atoms with Gasteiger partial charge in [0, 0.05) is 0 Å². The molecule has 2 heterocycles. The van der Waals surface area contributed by atoms with Gasteiger partial charge in [-0.2, -0.15) is 4.68 Å². The molecule has 1 N–H and O–H groups in total. The van der Waals surface area contributed by atoms with E-state index in [2.05, 4.69) is 31.1 Å². The molecule has 0 aliphatic rings. The minimum absolute atomic E-state index is 0.0673. The summed E-state index contributed by atoms with van der Waals surface area (Å²) in [5, 5.41) is 33.0. The highest BCUT2D eigenvalue weighted by Crippen LogP contribution is 2.23. The van der Waals surface area contributed by atoms with Crippen molar-refractivity contribution in [2.75, 3.05) is 14.1 Å². The van der Waals surface area contributed by atoms with Gasteiger partial charge in [0.2, 0.25) is 11.6 Å². The smallest absolute Gasteiger partial charge is 0.226 e. The van der Waals surface area contributed by atoms with E-state index in [4.69, 9.17) is 0 Å². The number of rotatable bonds is 4. The topological polar surface area (TPSA) is 111 Å². The molecule has 0 unspecified atom stereocenters. The number of para-hydroxylation sites is 2. The first-order chi connectivity index (χ1) is 10.2. The predicted molar refractivity (Wildman–Crippen MR) is 71.3 cm³/mol. The maximum atomic E-state index is 9.94. The molecule has 1 aromatic carbocycles. The lowest BCUT2D eigenvalue weighted by Gasteiger charge is -2.10. The van der Waals surface area contributed by atoms with E-state index in [0.717, 1.165) is 0 Å². The summed E-state index contributed by atoms with van der Waals surface area (Å²) in [4.78, 5) is 1.91. The third-order valence-corrected chi connectivity index (χ3v) is 2.73. The molecule has 0 fully saturated rings. The van der Waals surface area contributed by atoms with Gasteiger partial charge in [0.15, 0.2) is 0 Å². The molecule has 2 aromatic heterocycles. The van der Waals surface area contributed by atoms with Gasteiger partial charge in [-0.15, -0.1) is 10.2 Å². The van der Waals surface area contributed by atoms with Crippen molar-refractivity contribution in [2.24, 2.45) is 0 Å². The van der Waals surface area contributed by atoms with Gasteiger partial charge in [-0.3, -0.25) is 4.90 Å². The van der Waals surface area contributed by atoms with Crippen LogP contribution in [-0.4, -0.2) is 64.5 Å². The van der Waals surface area contributed by atoms with Crippen molar-refractivity contribution >= 4 is 0 Å². The van der Waals surface area contributed by atoms with Crippen molar-refractivity contribution in [1.82, 2.24) is 45.3 Å². The molecule has 0 radical (unpaired) electrons.